The van der Waals surface area contributed by atoms with Crippen molar-refractivity contribution in [2.45, 2.75) is 38.4 Å². The quantitative estimate of drug-likeness (QED) is 0.900. The Hall–Kier alpha value is -1.57. The molecule has 2 rings (SSSR count). The van der Waals surface area contributed by atoms with Crippen LogP contribution < -0.4 is 10.5 Å². The summed E-state index contributed by atoms with van der Waals surface area (Å²) in [6.07, 6.45) is 2.06. The molecule has 1 aliphatic heterocycles. The predicted octanol–water partition coefficient (Wildman–Crippen LogP) is 1.88. The molecule has 1 saturated heterocycles. The van der Waals surface area contributed by atoms with E-state index in [1.807, 2.05) is 12.1 Å². The maximum atomic E-state index is 9.00. The van der Waals surface area contributed by atoms with Gasteiger partial charge in [0.1, 0.15) is 5.75 Å². The Balaban J connectivity index is 2.16. The summed E-state index contributed by atoms with van der Waals surface area (Å²) in [5.74, 6) is 0.848. The number of methoxy groups -OCH3 is 1. The molecule has 1 aromatic carbocycles. The first-order valence-corrected chi connectivity index (χ1v) is 6.70. The molecule has 0 saturated carbocycles. The van der Waals surface area contributed by atoms with Crippen molar-refractivity contribution in [2.75, 3.05) is 13.7 Å². The van der Waals surface area contributed by atoms with Crippen molar-refractivity contribution in [3.8, 4) is 11.8 Å². The van der Waals surface area contributed by atoms with E-state index in [0.29, 0.717) is 17.6 Å². The van der Waals surface area contributed by atoms with Gasteiger partial charge in [-0.05, 0) is 38.0 Å². The summed E-state index contributed by atoms with van der Waals surface area (Å²) in [6, 6.07) is 8.55. The van der Waals surface area contributed by atoms with Crippen LogP contribution in [-0.2, 0) is 6.54 Å². The first-order chi connectivity index (χ1) is 9.13. The Morgan fingerprint density at radius 1 is 1.53 bits per heavy atom. The van der Waals surface area contributed by atoms with Gasteiger partial charge >= 0.3 is 0 Å². The Kier molecular flexibility index (Phi) is 4.41. The number of hydrogen-bond donors (Lipinski definition) is 1. The molecule has 102 valence electrons. The Morgan fingerprint density at radius 3 is 2.95 bits per heavy atom. The van der Waals surface area contributed by atoms with Crippen LogP contribution in [0.3, 0.4) is 0 Å². The second-order valence-electron chi connectivity index (χ2n) is 5.24. The number of ether oxygens (including phenoxy) is 1. The average Bonchev–Trinajstić information content (AvgIpc) is 2.41. The van der Waals surface area contributed by atoms with Crippen LogP contribution in [0.15, 0.2) is 18.2 Å². The van der Waals surface area contributed by atoms with Gasteiger partial charge in [0.2, 0.25) is 0 Å². The highest BCUT2D eigenvalue weighted by atomic mass is 16.5. The highest BCUT2D eigenvalue weighted by Crippen LogP contribution is 2.25. The van der Waals surface area contributed by atoms with Crippen LogP contribution in [0.4, 0.5) is 0 Å². The fourth-order valence-electron chi connectivity index (χ4n) is 2.68. The monoisotopic (exact) mass is 259 g/mol. The molecule has 4 nitrogen and oxygen atoms in total. The van der Waals surface area contributed by atoms with Gasteiger partial charge in [0.05, 0.1) is 18.7 Å². The molecular weight excluding hydrogens is 238 g/mol. The summed E-state index contributed by atoms with van der Waals surface area (Å²) in [5.41, 5.74) is 7.74. The van der Waals surface area contributed by atoms with Crippen molar-refractivity contribution in [2.24, 2.45) is 5.73 Å². The normalized spacial score (nSPS) is 23.9. The van der Waals surface area contributed by atoms with Gasteiger partial charge < -0.3 is 10.5 Å². The third-order valence-corrected chi connectivity index (χ3v) is 3.84. The molecule has 2 atom stereocenters. The van der Waals surface area contributed by atoms with E-state index < -0.39 is 0 Å². The van der Waals surface area contributed by atoms with E-state index in [1.54, 1.807) is 13.2 Å². The minimum absolute atomic E-state index is 0.318. The molecule has 0 aromatic heterocycles. The third kappa shape index (κ3) is 3.25. The summed E-state index contributed by atoms with van der Waals surface area (Å²) < 4.78 is 5.38. The van der Waals surface area contributed by atoms with Gasteiger partial charge in [-0.2, -0.15) is 5.26 Å². The summed E-state index contributed by atoms with van der Waals surface area (Å²) in [4.78, 5) is 2.41. The first kappa shape index (κ1) is 13.9. The number of likely N-dealkylation sites (tertiary alicyclic amines) is 1. The lowest BCUT2D eigenvalue weighted by Gasteiger charge is -2.36. The Morgan fingerprint density at radius 2 is 2.32 bits per heavy atom. The van der Waals surface area contributed by atoms with Gasteiger partial charge in [-0.15, -0.1) is 0 Å². The largest absolute Gasteiger partial charge is 0.496 e. The van der Waals surface area contributed by atoms with Crippen molar-refractivity contribution in [3.05, 3.63) is 29.3 Å². The van der Waals surface area contributed by atoms with E-state index in [1.165, 1.54) is 0 Å². The number of benzene rings is 1. The number of nitrogens with two attached hydrogens (primary N) is 1. The van der Waals surface area contributed by atoms with E-state index in [0.717, 1.165) is 37.2 Å². The van der Waals surface area contributed by atoms with Crippen molar-refractivity contribution in [3.63, 3.8) is 0 Å². The molecule has 2 N–H and O–H groups in total. The van der Waals surface area contributed by atoms with Gasteiger partial charge in [-0.25, -0.2) is 0 Å². The molecule has 0 amide bonds. The fraction of sp³-hybridized carbons (Fsp3) is 0.533. The summed E-state index contributed by atoms with van der Waals surface area (Å²) in [7, 11) is 1.67. The van der Waals surface area contributed by atoms with Crippen molar-refractivity contribution < 1.29 is 4.74 Å². The molecule has 1 fully saturated rings. The average molecular weight is 259 g/mol. The Labute approximate surface area is 114 Å². The smallest absolute Gasteiger partial charge is 0.123 e. The number of piperidine rings is 1. The lowest BCUT2D eigenvalue weighted by molar-refractivity contribution is 0.138. The zero-order chi connectivity index (χ0) is 13.8. The SMILES string of the molecule is COc1ccc(C#N)cc1CN1CCC(N)CC1C. The maximum Gasteiger partial charge on any atom is 0.123 e. The fourth-order valence-corrected chi connectivity index (χ4v) is 2.68. The molecule has 0 spiro atoms. The molecular formula is C15H21N3O. The van der Waals surface area contributed by atoms with Gasteiger partial charge in [-0.1, -0.05) is 0 Å². The van der Waals surface area contributed by atoms with E-state index in [4.69, 9.17) is 15.7 Å². The van der Waals surface area contributed by atoms with Crippen LogP contribution >= 0.6 is 0 Å². The Bertz CT molecular complexity index is 481. The zero-order valence-corrected chi connectivity index (χ0v) is 11.6. The van der Waals surface area contributed by atoms with Crippen molar-refractivity contribution in [1.29, 1.82) is 5.26 Å². The van der Waals surface area contributed by atoms with Crippen molar-refractivity contribution >= 4 is 0 Å². The van der Waals surface area contributed by atoms with Gasteiger partial charge in [-0.3, -0.25) is 4.90 Å². The molecule has 4 heteroatoms. The van der Waals surface area contributed by atoms with Gasteiger partial charge in [0.25, 0.3) is 0 Å². The van der Waals surface area contributed by atoms with Crippen LogP contribution in [0.2, 0.25) is 0 Å². The van der Waals surface area contributed by atoms with Gasteiger partial charge in [0, 0.05) is 30.7 Å². The standard InChI is InChI=1S/C15H21N3O/c1-11-7-14(17)5-6-18(11)10-13-8-12(9-16)3-4-15(13)19-2/h3-4,8,11,14H,5-7,10,17H2,1-2H3. The second-order valence-corrected chi connectivity index (χ2v) is 5.24. The molecule has 0 aliphatic carbocycles. The molecule has 1 aliphatic rings. The molecule has 1 aromatic rings. The van der Waals surface area contributed by atoms with E-state index in [9.17, 15) is 0 Å². The van der Waals surface area contributed by atoms with E-state index in [2.05, 4.69) is 17.9 Å². The highest BCUT2D eigenvalue weighted by molar-refractivity contribution is 5.42. The third-order valence-electron chi connectivity index (χ3n) is 3.84. The lowest BCUT2D eigenvalue weighted by atomic mass is 9.98. The topological polar surface area (TPSA) is 62.3 Å². The number of nitriles is 1. The summed E-state index contributed by atoms with van der Waals surface area (Å²) in [5, 5.41) is 9.00. The highest BCUT2D eigenvalue weighted by Gasteiger charge is 2.23. The van der Waals surface area contributed by atoms with Crippen LogP contribution in [0, 0.1) is 11.3 Å². The minimum Gasteiger partial charge on any atom is -0.496 e. The second kappa shape index (κ2) is 6.05. The van der Waals surface area contributed by atoms with E-state index in [-0.39, 0.29) is 0 Å². The number of rotatable bonds is 3. The molecule has 1 heterocycles. The number of hydrogen-bond acceptors (Lipinski definition) is 4. The summed E-state index contributed by atoms with van der Waals surface area (Å²) in [6.45, 7) is 4.02. The van der Waals surface area contributed by atoms with Crippen LogP contribution in [0.5, 0.6) is 5.75 Å². The molecule has 0 radical (unpaired) electrons. The van der Waals surface area contributed by atoms with Crippen LogP contribution in [-0.4, -0.2) is 30.6 Å². The maximum absolute atomic E-state index is 9.00. The summed E-state index contributed by atoms with van der Waals surface area (Å²) >= 11 is 0. The minimum atomic E-state index is 0.318. The van der Waals surface area contributed by atoms with Crippen LogP contribution in [0.1, 0.15) is 30.9 Å². The number of nitrogens with zero attached hydrogens (tertiary/aromatic N) is 2. The molecule has 0 bridgehead atoms. The lowest BCUT2D eigenvalue weighted by Crippen LogP contribution is -2.45. The van der Waals surface area contributed by atoms with E-state index >= 15 is 0 Å². The molecule has 2 unspecified atom stereocenters. The van der Waals surface area contributed by atoms with Gasteiger partial charge in [0.15, 0.2) is 0 Å². The van der Waals surface area contributed by atoms with Crippen LogP contribution in [0.25, 0.3) is 0 Å². The van der Waals surface area contributed by atoms with Crippen molar-refractivity contribution in [1.82, 2.24) is 4.90 Å². The first-order valence-electron chi connectivity index (χ1n) is 6.70. The zero-order valence-electron chi connectivity index (χ0n) is 11.6. The predicted molar refractivity (Wildman–Crippen MR) is 74.8 cm³/mol. The molecule has 19 heavy (non-hydrogen) atoms.